The lowest BCUT2D eigenvalue weighted by Crippen LogP contribution is -2.48. The molecule has 0 fully saturated rings. The summed E-state index contributed by atoms with van der Waals surface area (Å²) in [7, 11) is 2.56. The Labute approximate surface area is 114 Å². The van der Waals surface area contributed by atoms with Gasteiger partial charge in [-0.25, -0.2) is 14.6 Å². The van der Waals surface area contributed by atoms with Crippen LogP contribution in [-0.2, 0) is 20.7 Å². The number of rotatable bonds is 6. The monoisotopic (exact) mass is 284 g/mol. The maximum atomic E-state index is 11.8. The van der Waals surface area contributed by atoms with Gasteiger partial charge in [0.15, 0.2) is 0 Å². The molecule has 0 aromatic carbocycles. The second kappa shape index (κ2) is 7.12. The van der Waals surface area contributed by atoms with Crippen LogP contribution in [-0.4, -0.2) is 64.7 Å². The molecular formula is C11H16N4O5. The van der Waals surface area contributed by atoms with Crippen molar-refractivity contribution in [1.29, 1.82) is 0 Å². The van der Waals surface area contributed by atoms with E-state index in [9.17, 15) is 14.4 Å². The lowest BCUT2D eigenvalue weighted by atomic mass is 10.1. The molecular weight excluding hydrogens is 268 g/mol. The fourth-order valence-electron chi connectivity index (χ4n) is 1.41. The summed E-state index contributed by atoms with van der Waals surface area (Å²) in [6.45, 7) is -0.265. The Bertz CT molecular complexity index is 473. The number of aromatic nitrogens is 2. The second-order valence-corrected chi connectivity index (χ2v) is 4.05. The predicted molar refractivity (Wildman–Crippen MR) is 66.9 cm³/mol. The number of likely N-dealkylation sites (N-methyl/N-ethyl adjacent to an activating group) is 1. The van der Waals surface area contributed by atoms with Gasteiger partial charge in [0.2, 0.25) is 0 Å². The fourth-order valence-corrected chi connectivity index (χ4v) is 1.41. The molecule has 9 heteroatoms. The third-order valence-electron chi connectivity index (χ3n) is 2.52. The van der Waals surface area contributed by atoms with Crippen molar-refractivity contribution in [1.82, 2.24) is 20.2 Å². The first kappa shape index (κ1) is 15.5. The zero-order chi connectivity index (χ0) is 15.1. The number of nitrogens with one attached hydrogen (secondary N) is 2. The third kappa shape index (κ3) is 4.59. The highest BCUT2D eigenvalue weighted by Gasteiger charge is 2.23. The lowest BCUT2D eigenvalue weighted by Gasteiger charge is -2.20. The van der Waals surface area contributed by atoms with E-state index < -0.39 is 24.0 Å². The van der Waals surface area contributed by atoms with E-state index in [0.717, 1.165) is 4.90 Å². The largest absolute Gasteiger partial charge is 0.480 e. The molecule has 0 spiro atoms. The Morgan fingerprint density at radius 3 is 2.75 bits per heavy atom. The third-order valence-corrected chi connectivity index (χ3v) is 2.52. The zero-order valence-electron chi connectivity index (χ0n) is 11.1. The number of carbonyl (C=O) groups excluding carboxylic acids is 2. The Hall–Kier alpha value is -2.58. The highest BCUT2D eigenvalue weighted by atomic mass is 16.5. The number of urea groups is 1. The summed E-state index contributed by atoms with van der Waals surface area (Å²) in [5, 5.41) is 11.4. The van der Waals surface area contributed by atoms with E-state index in [4.69, 9.17) is 5.11 Å². The molecule has 0 unspecified atom stereocenters. The lowest BCUT2D eigenvalue weighted by molar-refractivity contribution is -0.141. The summed E-state index contributed by atoms with van der Waals surface area (Å²) in [5.74, 6) is -1.78. The molecule has 0 saturated heterocycles. The minimum Gasteiger partial charge on any atom is -0.480 e. The second-order valence-electron chi connectivity index (χ2n) is 4.05. The van der Waals surface area contributed by atoms with Crippen molar-refractivity contribution in [2.75, 3.05) is 20.7 Å². The number of ether oxygens (including phenoxy) is 1. The summed E-state index contributed by atoms with van der Waals surface area (Å²) >= 11 is 0. The maximum Gasteiger partial charge on any atom is 0.326 e. The number of hydrogen-bond acceptors (Lipinski definition) is 5. The molecule has 1 aromatic rings. The first-order valence-electron chi connectivity index (χ1n) is 5.72. The first-order valence-corrected chi connectivity index (χ1v) is 5.72. The van der Waals surface area contributed by atoms with Gasteiger partial charge < -0.3 is 25.0 Å². The van der Waals surface area contributed by atoms with E-state index in [2.05, 4.69) is 20.0 Å². The molecule has 1 atom stereocenters. The van der Waals surface area contributed by atoms with Gasteiger partial charge in [-0.1, -0.05) is 0 Å². The van der Waals surface area contributed by atoms with Crippen molar-refractivity contribution in [3.63, 3.8) is 0 Å². The zero-order valence-corrected chi connectivity index (χ0v) is 11.1. The van der Waals surface area contributed by atoms with Gasteiger partial charge in [-0.05, 0) is 0 Å². The topological polar surface area (TPSA) is 125 Å². The van der Waals surface area contributed by atoms with Crippen molar-refractivity contribution < 1.29 is 24.2 Å². The summed E-state index contributed by atoms with van der Waals surface area (Å²) in [4.78, 5) is 41.4. The standard InChI is InChI=1S/C11H16N4O5/c1-15(5-9(16)20-2)11(19)14-8(10(17)18)3-7-4-12-6-13-7/h4,6,8H,3,5H2,1-2H3,(H,12,13)(H,14,19)(H,17,18)/t8-/m0/s1. The Morgan fingerprint density at radius 1 is 1.55 bits per heavy atom. The molecule has 0 aliphatic rings. The molecule has 1 heterocycles. The molecule has 0 aliphatic heterocycles. The average Bonchev–Trinajstić information content (AvgIpc) is 2.90. The number of carboxylic acids is 1. The minimum absolute atomic E-state index is 0.0626. The Morgan fingerprint density at radius 2 is 2.25 bits per heavy atom. The molecule has 9 nitrogen and oxygen atoms in total. The van der Waals surface area contributed by atoms with Gasteiger partial charge in [-0.15, -0.1) is 0 Å². The fraction of sp³-hybridized carbons (Fsp3) is 0.455. The minimum atomic E-state index is -1.18. The summed E-state index contributed by atoms with van der Waals surface area (Å²) in [6.07, 6.45) is 2.95. The quantitative estimate of drug-likeness (QED) is 0.588. The van der Waals surface area contributed by atoms with E-state index in [-0.39, 0.29) is 13.0 Å². The molecule has 0 bridgehead atoms. The maximum absolute atomic E-state index is 11.8. The van der Waals surface area contributed by atoms with Gasteiger partial charge in [0.1, 0.15) is 12.6 Å². The van der Waals surface area contributed by atoms with E-state index in [1.54, 1.807) is 0 Å². The van der Waals surface area contributed by atoms with E-state index in [0.29, 0.717) is 5.69 Å². The average molecular weight is 284 g/mol. The van der Waals surface area contributed by atoms with Crippen LogP contribution >= 0.6 is 0 Å². The molecule has 0 saturated carbocycles. The summed E-state index contributed by atoms with van der Waals surface area (Å²) in [6, 6.07) is -1.80. The number of carbonyl (C=O) groups is 3. The number of amides is 2. The molecule has 110 valence electrons. The number of H-pyrrole nitrogens is 1. The van der Waals surface area contributed by atoms with Crippen molar-refractivity contribution in [2.24, 2.45) is 0 Å². The van der Waals surface area contributed by atoms with E-state index in [1.807, 2.05) is 0 Å². The van der Waals surface area contributed by atoms with Crippen molar-refractivity contribution in [3.05, 3.63) is 18.2 Å². The van der Waals surface area contributed by atoms with Crippen LogP contribution in [0.15, 0.2) is 12.5 Å². The SMILES string of the molecule is COC(=O)CN(C)C(=O)N[C@@H](Cc1cnc[nH]1)C(=O)O. The highest BCUT2D eigenvalue weighted by Crippen LogP contribution is 2.00. The number of carboxylic acid groups (broad SMARTS) is 1. The highest BCUT2D eigenvalue weighted by molar-refractivity contribution is 5.85. The molecule has 1 rings (SSSR count). The molecule has 1 aromatic heterocycles. The van der Waals surface area contributed by atoms with E-state index in [1.165, 1.54) is 26.7 Å². The molecule has 3 N–H and O–H groups in total. The Balaban J connectivity index is 2.59. The smallest absolute Gasteiger partial charge is 0.326 e. The van der Waals surface area contributed by atoms with Crippen LogP contribution < -0.4 is 5.32 Å². The van der Waals surface area contributed by atoms with Gasteiger partial charge in [-0.3, -0.25) is 4.79 Å². The van der Waals surface area contributed by atoms with E-state index >= 15 is 0 Å². The van der Waals surface area contributed by atoms with Gasteiger partial charge in [0, 0.05) is 25.4 Å². The van der Waals surface area contributed by atoms with Crippen LogP contribution in [0.25, 0.3) is 0 Å². The van der Waals surface area contributed by atoms with Gasteiger partial charge in [0.25, 0.3) is 0 Å². The number of aromatic amines is 1. The molecule has 0 radical (unpaired) electrons. The number of hydrogen-bond donors (Lipinski definition) is 3. The van der Waals surface area contributed by atoms with Crippen molar-refractivity contribution in [2.45, 2.75) is 12.5 Å². The number of aliphatic carboxylic acids is 1. The summed E-state index contributed by atoms with van der Waals surface area (Å²) in [5.41, 5.74) is 0.577. The predicted octanol–water partition coefficient (Wildman–Crippen LogP) is -0.780. The van der Waals surface area contributed by atoms with Crippen molar-refractivity contribution in [3.8, 4) is 0 Å². The molecule has 2 amide bonds. The van der Waals surface area contributed by atoms with Crippen LogP contribution in [0, 0.1) is 0 Å². The molecule has 20 heavy (non-hydrogen) atoms. The van der Waals surface area contributed by atoms with Crippen LogP contribution in [0.5, 0.6) is 0 Å². The first-order chi connectivity index (χ1) is 9.43. The van der Waals surface area contributed by atoms with Gasteiger partial charge in [-0.2, -0.15) is 0 Å². The van der Waals surface area contributed by atoms with Gasteiger partial charge >= 0.3 is 18.0 Å². The number of imidazole rings is 1. The van der Waals surface area contributed by atoms with Crippen LogP contribution in [0.4, 0.5) is 4.79 Å². The number of methoxy groups -OCH3 is 1. The Kier molecular flexibility index (Phi) is 5.51. The van der Waals surface area contributed by atoms with Crippen molar-refractivity contribution >= 4 is 18.0 Å². The van der Waals surface area contributed by atoms with Crippen LogP contribution in [0.1, 0.15) is 5.69 Å². The van der Waals surface area contributed by atoms with Gasteiger partial charge in [0.05, 0.1) is 13.4 Å². The normalized spacial score (nSPS) is 11.5. The molecule has 0 aliphatic carbocycles. The van der Waals surface area contributed by atoms with Crippen LogP contribution in [0.2, 0.25) is 0 Å². The number of nitrogens with zero attached hydrogens (tertiary/aromatic N) is 2. The van der Waals surface area contributed by atoms with Crippen LogP contribution in [0.3, 0.4) is 0 Å². The summed E-state index contributed by atoms with van der Waals surface area (Å²) < 4.78 is 4.42. The number of esters is 1.